The molecule has 2 heteroatoms. The molecule has 0 saturated carbocycles. The van der Waals surface area contributed by atoms with E-state index in [1.807, 2.05) is 0 Å². The van der Waals surface area contributed by atoms with Gasteiger partial charge in [0, 0.05) is 10.0 Å². The molecule has 0 spiro atoms. The summed E-state index contributed by atoms with van der Waals surface area (Å²) in [6.45, 7) is 3.49. The van der Waals surface area contributed by atoms with Gasteiger partial charge in [0.2, 0.25) is 0 Å². The Balaban J connectivity index is 2.08. The quantitative estimate of drug-likeness (QED) is 0.886. The van der Waals surface area contributed by atoms with Crippen molar-refractivity contribution in [2.75, 3.05) is 6.54 Å². The Kier molecular flexibility index (Phi) is 4.04. The topological polar surface area (TPSA) is 12.0 Å². The highest BCUT2D eigenvalue weighted by Crippen LogP contribution is 2.27. The van der Waals surface area contributed by atoms with Gasteiger partial charge < -0.3 is 5.32 Å². The number of piperidine rings is 1. The number of hydrogen-bond acceptors (Lipinski definition) is 1. The third-order valence-corrected chi connectivity index (χ3v) is 4.24. The van der Waals surface area contributed by atoms with Gasteiger partial charge >= 0.3 is 0 Å². The zero-order chi connectivity index (χ0) is 11.4. The summed E-state index contributed by atoms with van der Waals surface area (Å²) in [5.41, 5.74) is 1.80. The van der Waals surface area contributed by atoms with Crippen LogP contribution in [0.15, 0.2) is 28.7 Å². The first-order valence-electron chi connectivity index (χ1n) is 6.24. The Labute approximate surface area is 107 Å². The Morgan fingerprint density at radius 3 is 2.56 bits per heavy atom. The first kappa shape index (κ1) is 12.1. The number of benzene rings is 1. The third-order valence-electron chi connectivity index (χ3n) is 3.71. The maximum absolute atomic E-state index is 3.73. The lowest BCUT2D eigenvalue weighted by molar-refractivity contribution is 0.243. The Bertz CT molecular complexity index is 325. The Hall–Kier alpha value is -0.340. The van der Waals surface area contributed by atoms with Gasteiger partial charge in [0.05, 0.1) is 0 Å². The lowest BCUT2D eigenvalue weighted by Crippen LogP contribution is -2.49. The second-order valence-electron chi connectivity index (χ2n) is 4.82. The van der Waals surface area contributed by atoms with Gasteiger partial charge in [0.1, 0.15) is 0 Å². The molecule has 0 radical (unpaired) electrons. The van der Waals surface area contributed by atoms with Gasteiger partial charge in [0.25, 0.3) is 0 Å². The van der Waals surface area contributed by atoms with Gasteiger partial charge in [-0.05, 0) is 49.9 Å². The molecule has 1 aromatic carbocycles. The van der Waals surface area contributed by atoms with Crippen LogP contribution in [0, 0.1) is 0 Å². The summed E-state index contributed by atoms with van der Waals surface area (Å²) < 4.78 is 1.17. The van der Waals surface area contributed by atoms with Crippen LogP contribution in [0.5, 0.6) is 0 Å². The largest absolute Gasteiger partial charge is 0.311 e. The van der Waals surface area contributed by atoms with Gasteiger partial charge in [-0.15, -0.1) is 0 Å². The SMILES string of the molecule is CCC1(Cc2ccc(Br)cc2)CCCCN1. The summed E-state index contributed by atoms with van der Waals surface area (Å²) in [6, 6.07) is 8.75. The molecule has 1 heterocycles. The maximum Gasteiger partial charge on any atom is 0.0219 e. The van der Waals surface area contributed by atoms with Crippen molar-refractivity contribution >= 4 is 15.9 Å². The van der Waals surface area contributed by atoms with Crippen molar-refractivity contribution in [3.05, 3.63) is 34.3 Å². The molecule has 1 aromatic rings. The van der Waals surface area contributed by atoms with Crippen LogP contribution in [0.4, 0.5) is 0 Å². The molecule has 0 aromatic heterocycles. The summed E-state index contributed by atoms with van der Waals surface area (Å²) in [5.74, 6) is 0. The molecule has 1 atom stereocenters. The molecule has 88 valence electrons. The van der Waals surface area contributed by atoms with Crippen LogP contribution in [-0.2, 0) is 6.42 Å². The molecule has 16 heavy (non-hydrogen) atoms. The summed E-state index contributed by atoms with van der Waals surface area (Å²) in [6.07, 6.45) is 6.42. The minimum absolute atomic E-state index is 0.353. The molecule has 1 aliphatic heterocycles. The fourth-order valence-corrected chi connectivity index (χ4v) is 2.87. The highest BCUT2D eigenvalue weighted by Gasteiger charge is 2.29. The van der Waals surface area contributed by atoms with Gasteiger partial charge in [-0.2, -0.15) is 0 Å². The van der Waals surface area contributed by atoms with E-state index in [1.165, 1.54) is 42.3 Å². The van der Waals surface area contributed by atoms with Crippen LogP contribution in [-0.4, -0.2) is 12.1 Å². The van der Waals surface area contributed by atoms with Crippen LogP contribution in [0.25, 0.3) is 0 Å². The van der Waals surface area contributed by atoms with Gasteiger partial charge in [0.15, 0.2) is 0 Å². The minimum Gasteiger partial charge on any atom is -0.311 e. The lowest BCUT2D eigenvalue weighted by Gasteiger charge is -2.38. The van der Waals surface area contributed by atoms with E-state index < -0.39 is 0 Å². The summed E-state index contributed by atoms with van der Waals surface area (Å²) >= 11 is 3.49. The summed E-state index contributed by atoms with van der Waals surface area (Å²) in [4.78, 5) is 0. The average molecular weight is 282 g/mol. The molecule has 1 fully saturated rings. The lowest BCUT2D eigenvalue weighted by atomic mass is 9.81. The number of rotatable bonds is 3. The first-order chi connectivity index (χ1) is 7.74. The average Bonchev–Trinajstić information content (AvgIpc) is 2.33. The minimum atomic E-state index is 0.353. The molecular weight excluding hydrogens is 262 g/mol. The molecular formula is C14H20BrN. The second kappa shape index (κ2) is 5.33. The van der Waals surface area contributed by atoms with E-state index in [2.05, 4.69) is 52.4 Å². The predicted molar refractivity (Wildman–Crippen MR) is 72.7 cm³/mol. The fourth-order valence-electron chi connectivity index (χ4n) is 2.60. The molecule has 1 N–H and O–H groups in total. The summed E-state index contributed by atoms with van der Waals surface area (Å²) in [7, 11) is 0. The normalized spacial score (nSPS) is 25.6. The van der Waals surface area contributed by atoms with Gasteiger partial charge in [-0.25, -0.2) is 0 Å². The molecule has 2 rings (SSSR count). The van der Waals surface area contributed by atoms with Crippen molar-refractivity contribution < 1.29 is 0 Å². The predicted octanol–water partition coefficient (Wildman–Crippen LogP) is 3.91. The van der Waals surface area contributed by atoms with E-state index >= 15 is 0 Å². The van der Waals surface area contributed by atoms with Crippen LogP contribution >= 0.6 is 15.9 Å². The van der Waals surface area contributed by atoms with Crippen LogP contribution in [0.3, 0.4) is 0 Å². The van der Waals surface area contributed by atoms with E-state index in [9.17, 15) is 0 Å². The third kappa shape index (κ3) is 2.86. The van der Waals surface area contributed by atoms with E-state index in [1.54, 1.807) is 0 Å². The highest BCUT2D eigenvalue weighted by atomic mass is 79.9. The van der Waals surface area contributed by atoms with Crippen molar-refractivity contribution in [2.45, 2.75) is 44.6 Å². The van der Waals surface area contributed by atoms with E-state index in [0.717, 1.165) is 6.42 Å². The zero-order valence-corrected chi connectivity index (χ0v) is 11.5. The molecule has 1 unspecified atom stereocenters. The summed E-state index contributed by atoms with van der Waals surface area (Å²) in [5, 5.41) is 3.73. The molecule has 0 bridgehead atoms. The maximum atomic E-state index is 3.73. The fraction of sp³-hybridized carbons (Fsp3) is 0.571. The number of hydrogen-bond donors (Lipinski definition) is 1. The van der Waals surface area contributed by atoms with Crippen molar-refractivity contribution in [2.24, 2.45) is 0 Å². The van der Waals surface area contributed by atoms with Crippen molar-refractivity contribution in [3.63, 3.8) is 0 Å². The zero-order valence-electron chi connectivity index (χ0n) is 9.93. The number of halogens is 1. The van der Waals surface area contributed by atoms with E-state index in [-0.39, 0.29) is 0 Å². The van der Waals surface area contributed by atoms with E-state index in [4.69, 9.17) is 0 Å². The molecule has 0 aliphatic carbocycles. The second-order valence-corrected chi connectivity index (χ2v) is 5.74. The van der Waals surface area contributed by atoms with Gasteiger partial charge in [-0.1, -0.05) is 41.4 Å². The molecule has 0 amide bonds. The number of nitrogens with one attached hydrogen (secondary N) is 1. The van der Waals surface area contributed by atoms with Crippen molar-refractivity contribution in [1.82, 2.24) is 5.32 Å². The smallest absolute Gasteiger partial charge is 0.0219 e. The van der Waals surface area contributed by atoms with Crippen LogP contribution in [0.2, 0.25) is 0 Å². The highest BCUT2D eigenvalue weighted by molar-refractivity contribution is 9.10. The first-order valence-corrected chi connectivity index (χ1v) is 7.03. The Morgan fingerprint density at radius 1 is 1.25 bits per heavy atom. The van der Waals surface area contributed by atoms with Crippen LogP contribution in [0.1, 0.15) is 38.2 Å². The Morgan fingerprint density at radius 2 is 2.00 bits per heavy atom. The molecule has 1 nitrogen and oxygen atoms in total. The van der Waals surface area contributed by atoms with Gasteiger partial charge in [-0.3, -0.25) is 0 Å². The van der Waals surface area contributed by atoms with Crippen molar-refractivity contribution in [3.8, 4) is 0 Å². The molecule has 1 aliphatic rings. The van der Waals surface area contributed by atoms with Crippen molar-refractivity contribution in [1.29, 1.82) is 0 Å². The van der Waals surface area contributed by atoms with E-state index in [0.29, 0.717) is 5.54 Å². The van der Waals surface area contributed by atoms with Crippen LogP contribution < -0.4 is 5.32 Å². The molecule has 1 saturated heterocycles. The standard InChI is InChI=1S/C14H20BrN/c1-2-14(9-3-4-10-16-14)11-12-5-7-13(15)8-6-12/h5-8,16H,2-4,9-11H2,1H3. The monoisotopic (exact) mass is 281 g/mol.